The molecule has 17 nitrogen and oxygen atoms in total. The van der Waals surface area contributed by atoms with Gasteiger partial charge < -0.3 is 56.2 Å². The van der Waals surface area contributed by atoms with E-state index in [9.17, 15) is 33.9 Å². The van der Waals surface area contributed by atoms with E-state index in [0.717, 1.165) is 77.0 Å². The number of aliphatic carboxylic acids is 2. The molecule has 63 heavy (non-hydrogen) atoms. The van der Waals surface area contributed by atoms with Crippen molar-refractivity contribution in [2.75, 3.05) is 85.0 Å². The lowest BCUT2D eigenvalue weighted by Crippen LogP contribution is -2.41. The maximum atomic E-state index is 12.2. The van der Waals surface area contributed by atoms with Crippen molar-refractivity contribution in [3.05, 3.63) is 12.7 Å². The van der Waals surface area contributed by atoms with Crippen molar-refractivity contribution in [2.45, 2.75) is 149 Å². The van der Waals surface area contributed by atoms with Crippen LogP contribution in [0.3, 0.4) is 0 Å². The van der Waals surface area contributed by atoms with E-state index in [-0.39, 0.29) is 121 Å². The molecule has 0 spiro atoms. The first-order valence-corrected chi connectivity index (χ1v) is 25.7. The van der Waals surface area contributed by atoms with Crippen molar-refractivity contribution in [3.63, 3.8) is 0 Å². The molecule has 0 fully saturated rings. The summed E-state index contributed by atoms with van der Waals surface area (Å²) in [5.41, 5.74) is 5.75. The van der Waals surface area contributed by atoms with Gasteiger partial charge in [-0.15, -0.1) is 6.58 Å². The monoisotopic (exact) mass is 942 g/mol. The molecule has 4 amide bonds. The predicted molar refractivity (Wildman–Crippen MR) is 256 cm³/mol. The second kappa shape index (κ2) is 55.2. The third-order valence-electron chi connectivity index (χ3n) is 8.44. The zero-order chi connectivity index (χ0) is 48.2. The number of rotatable bonds is 41. The van der Waals surface area contributed by atoms with Crippen LogP contribution in [0.1, 0.15) is 137 Å². The largest absolute Gasteiger partial charge is 0.481 e. The third-order valence-corrected chi connectivity index (χ3v) is 9.77. The van der Waals surface area contributed by atoms with Crippen LogP contribution in [-0.2, 0) is 47.7 Å². The second-order valence-corrected chi connectivity index (χ2v) is 16.2. The Hall–Kier alpha value is -2.94. The van der Waals surface area contributed by atoms with Crippen LogP contribution in [-0.4, -0.2) is 143 Å². The molecule has 0 aliphatic carbocycles. The average Bonchev–Trinajstić information content (AvgIpc) is 3.28. The second-order valence-electron chi connectivity index (χ2n) is 13.5. The summed E-state index contributed by atoms with van der Waals surface area (Å²) in [6.07, 6.45) is 18.4. The first-order valence-electron chi connectivity index (χ1n) is 22.8. The molecule has 0 aromatic rings. The van der Waals surface area contributed by atoms with E-state index in [1.54, 1.807) is 27.7 Å². The highest BCUT2D eigenvalue weighted by Gasteiger charge is 2.20. The highest BCUT2D eigenvalue weighted by Crippen LogP contribution is 2.12. The fourth-order valence-corrected chi connectivity index (χ4v) is 5.11. The number of nitrogens with one attached hydrogen (secondary N) is 4. The number of nitrogens with two attached hydrogens (primary N) is 1. The van der Waals surface area contributed by atoms with E-state index in [2.05, 4.69) is 40.4 Å². The van der Waals surface area contributed by atoms with Crippen LogP contribution in [0.4, 0.5) is 0 Å². The molecular weight excluding hydrogens is 855 g/mol. The van der Waals surface area contributed by atoms with Gasteiger partial charge in [-0.2, -0.15) is 0 Å². The molecule has 2 unspecified atom stereocenters. The van der Waals surface area contributed by atoms with E-state index in [1.807, 2.05) is 27.7 Å². The number of carbonyl (C=O) groups is 6. The van der Waals surface area contributed by atoms with Gasteiger partial charge in [0.1, 0.15) is 19.3 Å². The lowest BCUT2D eigenvalue weighted by atomic mass is 10.0. The maximum Gasteiger partial charge on any atom is 0.326 e. The summed E-state index contributed by atoms with van der Waals surface area (Å²) >= 11 is 0. The molecule has 19 heteroatoms. The Bertz CT molecular complexity index is 1110. The van der Waals surface area contributed by atoms with E-state index < -0.39 is 18.0 Å². The van der Waals surface area contributed by atoms with Gasteiger partial charge in [0.05, 0.1) is 39.6 Å². The number of carboxylic acids is 2. The average molecular weight is 942 g/mol. The van der Waals surface area contributed by atoms with Gasteiger partial charge in [0.2, 0.25) is 23.6 Å². The number of amides is 4. The quantitative estimate of drug-likeness (QED) is 0.0215. The van der Waals surface area contributed by atoms with E-state index in [0.29, 0.717) is 13.0 Å². The highest BCUT2D eigenvalue weighted by molar-refractivity contribution is 8.76. The molecule has 0 aliphatic rings. The molecule has 0 aromatic carbocycles. The van der Waals surface area contributed by atoms with Gasteiger partial charge in [-0.05, 0) is 51.0 Å². The summed E-state index contributed by atoms with van der Waals surface area (Å²) in [6, 6.07) is -1.16. The fourth-order valence-electron chi connectivity index (χ4n) is 5.11. The van der Waals surface area contributed by atoms with Crippen molar-refractivity contribution >= 4 is 57.2 Å². The minimum atomic E-state index is -1.19. The molecule has 0 radical (unpaired) electrons. The third kappa shape index (κ3) is 57.0. The molecule has 0 heterocycles. The van der Waals surface area contributed by atoms with E-state index in [1.165, 1.54) is 0 Å². The Morgan fingerprint density at radius 3 is 1.41 bits per heavy atom. The van der Waals surface area contributed by atoms with E-state index in [4.69, 9.17) is 29.8 Å². The summed E-state index contributed by atoms with van der Waals surface area (Å²) in [6.45, 7) is 13.9. The molecule has 0 saturated carbocycles. The van der Waals surface area contributed by atoms with Gasteiger partial charge in [-0.3, -0.25) is 24.0 Å². The number of hydrogen-bond acceptors (Lipinski definition) is 13. The summed E-state index contributed by atoms with van der Waals surface area (Å²) in [5, 5.41) is 28.7. The number of unbranched alkanes of at least 4 members (excludes halogenated alkanes) is 10. The van der Waals surface area contributed by atoms with Gasteiger partial charge in [-0.1, -0.05) is 107 Å². The number of carboxylic acid groups (broad SMARTS) is 2. The molecule has 372 valence electrons. The Morgan fingerprint density at radius 2 is 0.968 bits per heavy atom. The Kier molecular flexibility index (Phi) is 58.4. The smallest absolute Gasteiger partial charge is 0.326 e. The van der Waals surface area contributed by atoms with Crippen molar-refractivity contribution < 1.29 is 57.9 Å². The zero-order valence-electron chi connectivity index (χ0n) is 39.6. The summed E-state index contributed by atoms with van der Waals surface area (Å²) in [4.78, 5) is 70.1. The van der Waals surface area contributed by atoms with Gasteiger partial charge in [0.15, 0.2) is 0 Å². The van der Waals surface area contributed by atoms with Crippen molar-refractivity contribution in [1.29, 1.82) is 0 Å². The normalized spacial score (nSPS) is 11.2. The number of hydrogen-bond donors (Lipinski definition) is 7. The van der Waals surface area contributed by atoms with Crippen molar-refractivity contribution in [3.8, 4) is 0 Å². The Labute approximate surface area is 387 Å². The molecule has 2 atom stereocenters. The van der Waals surface area contributed by atoms with E-state index >= 15 is 0 Å². The lowest BCUT2D eigenvalue weighted by Gasteiger charge is -2.14. The molecule has 0 aliphatic heterocycles. The summed E-state index contributed by atoms with van der Waals surface area (Å²) in [5.74, 6) is -3.14. The van der Waals surface area contributed by atoms with Crippen LogP contribution in [0.15, 0.2) is 12.7 Å². The highest BCUT2D eigenvalue weighted by atomic mass is 33.1. The SMILES string of the molecule is C=CC(N)CCCCNC(=O)COCCOCCNC(=O)COCCOCCNC(=O)CCC(NC(=O)CCCCCCCCCCCCC(=O)O)C(=O)O.CC.CC.CSSC. The minimum Gasteiger partial charge on any atom is -0.481 e. The topological polar surface area (TPSA) is 254 Å². The minimum absolute atomic E-state index is 0.0173. The van der Waals surface area contributed by atoms with Crippen molar-refractivity contribution in [2.24, 2.45) is 5.73 Å². The molecule has 0 rings (SSSR count). The Morgan fingerprint density at radius 1 is 0.540 bits per heavy atom. The standard InChI is InChI=1S/C38H69N5O12.C2H6S2.2C2H6/c1-2-31(39)15-13-14-20-40-35(46)29-54-27-26-53-24-22-42-36(47)30-55-28-25-52-23-21-41-33(44)19-18-32(38(50)51)43-34(45)16-11-9-7-5-3-4-6-8-10-12-17-37(48)49;1-3-4-2;2*1-2/h2,31-32H,1,3-30,39H2,(H,40,46)(H,41,44)(H,42,47)(H,43,45)(H,48,49)(H,50,51);1-2H3;2*1-2H3. The first kappa shape index (κ1) is 66.7. The maximum absolute atomic E-state index is 12.2. The van der Waals surface area contributed by atoms with Crippen LogP contribution < -0.4 is 27.0 Å². The number of ether oxygens (including phenoxy) is 4. The molecular formula is C44H87N5O12S2. The van der Waals surface area contributed by atoms with Gasteiger partial charge in [-0.25, -0.2) is 4.79 Å². The Balaban J connectivity index is -0.00000202. The first-order chi connectivity index (χ1) is 30.5. The lowest BCUT2D eigenvalue weighted by molar-refractivity contribution is -0.142. The van der Waals surface area contributed by atoms with Crippen LogP contribution in [0, 0.1) is 0 Å². The zero-order valence-corrected chi connectivity index (χ0v) is 41.2. The molecule has 0 saturated heterocycles. The van der Waals surface area contributed by atoms with Gasteiger partial charge >= 0.3 is 11.9 Å². The van der Waals surface area contributed by atoms with Crippen LogP contribution in [0.5, 0.6) is 0 Å². The fraction of sp³-hybridized carbons (Fsp3) is 0.818. The molecule has 0 aromatic heterocycles. The van der Waals surface area contributed by atoms with Crippen LogP contribution in [0.25, 0.3) is 0 Å². The van der Waals surface area contributed by atoms with Crippen LogP contribution >= 0.6 is 21.6 Å². The van der Waals surface area contributed by atoms with Gasteiger partial charge in [0, 0.05) is 44.9 Å². The summed E-state index contributed by atoms with van der Waals surface area (Å²) < 4.78 is 21.3. The van der Waals surface area contributed by atoms with Crippen LogP contribution in [0.2, 0.25) is 0 Å². The van der Waals surface area contributed by atoms with Crippen molar-refractivity contribution in [1.82, 2.24) is 21.3 Å². The molecule has 8 N–H and O–H groups in total. The number of carbonyl (C=O) groups excluding carboxylic acids is 4. The molecule has 0 bridgehead atoms. The predicted octanol–water partition coefficient (Wildman–Crippen LogP) is 5.88. The summed E-state index contributed by atoms with van der Waals surface area (Å²) in [7, 11) is 3.55. The van der Waals surface area contributed by atoms with Gasteiger partial charge in [0.25, 0.3) is 0 Å².